The molecule has 5 heterocycles. The maximum atomic E-state index is 8.23. The summed E-state index contributed by atoms with van der Waals surface area (Å²) in [6.07, 6.45) is 8.09. The van der Waals surface area contributed by atoms with E-state index in [0.29, 0.717) is 39.3 Å². The van der Waals surface area contributed by atoms with E-state index in [1.165, 1.54) is 80.9 Å². The third-order valence-corrected chi connectivity index (χ3v) is 16.7. The maximum Gasteiger partial charge on any atom is 0.212 e. The monoisotopic (exact) mass is 1220 g/mol. The topological polar surface area (TPSA) is 19.4 Å². The lowest BCUT2D eigenvalue weighted by atomic mass is 9.95. The van der Waals surface area contributed by atoms with Gasteiger partial charge >= 0.3 is 0 Å². The van der Waals surface area contributed by atoms with Gasteiger partial charge in [-0.15, -0.1) is 0 Å². The van der Waals surface area contributed by atoms with Gasteiger partial charge in [0.25, 0.3) is 0 Å². The first kappa shape index (κ1) is 50.6. The number of aromatic nitrogens is 5. The van der Waals surface area contributed by atoms with Crippen molar-refractivity contribution >= 4 is 0 Å². The number of nitrogens with zero attached hydrogens (tertiary/aromatic N) is 5. The normalized spacial score (nSPS) is 15.0. The van der Waals surface area contributed by atoms with Gasteiger partial charge in [0.1, 0.15) is 35.2 Å². The molecule has 10 rings (SSSR count). The fourth-order valence-corrected chi connectivity index (χ4v) is 11.4. The SMILES string of the molecule is Cc1ccc(-c2cc(C(C)C)c(C)c[n+]2C)c(C)c1.Cc1ccc(-c2cc(C)c(C)c[n+]2C)c(C)c1.[2H]C([2H])([2H])c1c[n+](C)c(-c2ccc(C([2H])(C)C([2H])([2H])[2H])cc2C)cc1C.[2H]C([2H])([2H])c1ccc(-c2ccc(C([2H])(C)C)cc2C)[n+](C)c1.[2H]C([2H])([2H])c1ccc(-c2ccc(C([2H])([2H])C)c[n+]2C)c(C)c1. The van der Waals surface area contributed by atoms with E-state index < -0.39 is 45.6 Å². The predicted octanol–water partition coefficient (Wildman–Crippen LogP) is 19.1. The average molecular weight is 1220 g/mol. The Balaban J connectivity index is 0.000000209. The highest BCUT2D eigenvalue weighted by molar-refractivity contribution is 5.66. The van der Waals surface area contributed by atoms with Gasteiger partial charge < -0.3 is 0 Å². The molecule has 10 aromatic rings. The van der Waals surface area contributed by atoms with Crippen molar-refractivity contribution < 1.29 is 44.8 Å². The number of hydrogen-bond donors (Lipinski definition) is 0. The first-order chi connectivity index (χ1) is 48.5. The summed E-state index contributed by atoms with van der Waals surface area (Å²) in [6, 6.07) is 43.2. The Labute approximate surface area is 568 Å². The van der Waals surface area contributed by atoms with Gasteiger partial charge in [0, 0.05) is 108 Å². The van der Waals surface area contributed by atoms with Crippen LogP contribution in [0.5, 0.6) is 0 Å². The Bertz CT molecular complexity index is 4570. The van der Waals surface area contributed by atoms with Crippen molar-refractivity contribution in [3.05, 3.63) is 265 Å². The fraction of sp³-hybridized carbons (Fsp3) is 0.353. The Morgan fingerprint density at radius 3 is 1.13 bits per heavy atom. The van der Waals surface area contributed by atoms with Crippen molar-refractivity contribution in [2.24, 2.45) is 35.2 Å². The van der Waals surface area contributed by atoms with Gasteiger partial charge in [-0.2, -0.15) is 0 Å². The average Bonchev–Trinajstić information content (AvgIpc) is 0.814. The molecule has 5 heteroatoms. The van der Waals surface area contributed by atoms with E-state index in [4.69, 9.17) is 21.9 Å². The van der Waals surface area contributed by atoms with Gasteiger partial charge in [-0.05, 0) is 219 Å². The molecule has 0 spiro atoms. The summed E-state index contributed by atoms with van der Waals surface area (Å²) in [5, 5.41) is 0. The zero-order valence-electron chi connectivity index (χ0n) is 73.9. The van der Waals surface area contributed by atoms with E-state index in [2.05, 4.69) is 146 Å². The second-order valence-electron chi connectivity index (χ2n) is 25.0. The standard InChI is InChI=1S/2C18H24N.C17H22N.2C16H20N/c1-12(2)16-7-8-17(14(4)9-16)18-10-13(3)15(5)11-19(18)6;1-12(2)17-10-18(19(6)11-15(17)5)16-8-7-13(3)9-14(16)4;1-12(2)15-7-8-16(14(4)10-15)17-9-6-13(3)11-18(17)5;1-11-6-7-15(13(3)8-11)16-9-12(2)14(4)10-17(16)5;1-5-14-7-9-16(17(4)11-14)15-8-6-12(2)10-13(15)3/h2*7-12H,1-6H3;6-12H,1-5H3;6-10H,1-5H3;6-11H,5H2,1-4H3/q5*+1/i1D3,5D3,12D;;3D3,12D;;2D3,5D2. The third kappa shape index (κ3) is 18.3. The van der Waals surface area contributed by atoms with E-state index in [-0.39, 0.29) is 0 Å². The quantitative estimate of drug-likeness (QED) is 0.128. The highest BCUT2D eigenvalue weighted by atomic mass is 14.9. The van der Waals surface area contributed by atoms with Gasteiger partial charge in [-0.3, -0.25) is 0 Å². The molecule has 0 fully saturated rings. The Morgan fingerprint density at radius 2 is 0.711 bits per heavy atom. The summed E-state index contributed by atoms with van der Waals surface area (Å²) in [7, 11) is 9.75. The molecule has 470 valence electrons. The Morgan fingerprint density at radius 1 is 0.333 bits per heavy atom. The van der Waals surface area contributed by atoms with Crippen molar-refractivity contribution in [3.63, 3.8) is 0 Å². The molecule has 0 N–H and O–H groups in total. The summed E-state index contributed by atoms with van der Waals surface area (Å²) in [4.78, 5) is 0. The lowest BCUT2D eigenvalue weighted by Gasteiger charge is -2.12. The van der Waals surface area contributed by atoms with Crippen LogP contribution < -0.4 is 22.8 Å². The van der Waals surface area contributed by atoms with Gasteiger partial charge in [0.05, 0.1) is 0 Å². The van der Waals surface area contributed by atoms with E-state index in [0.717, 1.165) is 56.0 Å². The van der Waals surface area contributed by atoms with Gasteiger partial charge in [0.2, 0.25) is 28.5 Å². The van der Waals surface area contributed by atoms with Gasteiger partial charge in [0.15, 0.2) is 31.0 Å². The summed E-state index contributed by atoms with van der Waals surface area (Å²) in [6.45, 7) is 25.1. The van der Waals surface area contributed by atoms with Crippen molar-refractivity contribution in [3.8, 4) is 56.3 Å². The third-order valence-electron chi connectivity index (χ3n) is 16.7. The molecule has 0 aliphatic carbocycles. The smallest absolute Gasteiger partial charge is 0.201 e. The van der Waals surface area contributed by atoms with Crippen molar-refractivity contribution in [2.75, 3.05) is 0 Å². The predicted molar refractivity (Wildman–Crippen MR) is 383 cm³/mol. The van der Waals surface area contributed by atoms with Crippen LogP contribution in [0, 0.1) is 96.7 Å². The van der Waals surface area contributed by atoms with Crippen LogP contribution in [0.25, 0.3) is 56.3 Å². The molecule has 5 aromatic heterocycles. The minimum atomic E-state index is -2.43. The number of benzene rings is 5. The molecule has 5 aromatic carbocycles. The van der Waals surface area contributed by atoms with Crippen LogP contribution in [-0.2, 0) is 41.6 Å². The summed E-state index contributed by atoms with van der Waals surface area (Å²) >= 11 is 0. The van der Waals surface area contributed by atoms with E-state index in [9.17, 15) is 0 Å². The van der Waals surface area contributed by atoms with E-state index in [1.54, 1.807) is 79.6 Å². The summed E-state index contributed by atoms with van der Waals surface area (Å²) in [5.74, 6) is -1.76. The van der Waals surface area contributed by atoms with Crippen molar-refractivity contribution in [1.29, 1.82) is 0 Å². The highest BCUT2D eigenvalue weighted by Gasteiger charge is 2.20. The number of aryl methyl sites for hydroxylation is 20. The van der Waals surface area contributed by atoms with Gasteiger partial charge in [-0.25, -0.2) is 22.8 Å². The number of rotatable bonds is 9. The molecule has 0 radical (unpaired) electrons. The molecule has 0 amide bonds. The Hall–Kier alpha value is -8.15. The second-order valence-corrected chi connectivity index (χ2v) is 25.0. The number of pyridine rings is 5. The van der Waals surface area contributed by atoms with Crippen LogP contribution in [0.3, 0.4) is 0 Å². The second kappa shape index (κ2) is 31.5. The summed E-state index contributed by atoms with van der Waals surface area (Å²) < 4.78 is 132. The maximum absolute atomic E-state index is 8.23. The van der Waals surface area contributed by atoms with Crippen LogP contribution >= 0.6 is 0 Å². The lowest BCUT2D eigenvalue weighted by Crippen LogP contribution is -2.32. The summed E-state index contributed by atoms with van der Waals surface area (Å²) in [5.41, 5.74) is 28.1. The zero-order valence-corrected chi connectivity index (χ0v) is 57.9. The first-order valence-electron chi connectivity index (χ1n) is 39.0. The largest absolute Gasteiger partial charge is 0.212 e. The molecule has 1 atom stereocenters. The molecule has 0 bridgehead atoms. The van der Waals surface area contributed by atoms with Crippen LogP contribution in [0.4, 0.5) is 0 Å². The van der Waals surface area contributed by atoms with Crippen LogP contribution in [0.15, 0.2) is 164 Å². The number of hydrogen-bond acceptors (Lipinski definition) is 0. The Kier molecular flexibility index (Phi) is 17.7. The molecular weight excluding hydrogens is 1090 g/mol. The minimum absolute atomic E-state index is 0.305. The first-order valence-corrected chi connectivity index (χ1v) is 31.0. The molecule has 0 aliphatic rings. The molecule has 5 nitrogen and oxygen atoms in total. The van der Waals surface area contributed by atoms with Gasteiger partial charge in [-0.1, -0.05) is 126 Å². The molecule has 1 unspecified atom stereocenters. The molecule has 0 saturated heterocycles. The zero-order chi connectivity index (χ0) is 80.2. The van der Waals surface area contributed by atoms with E-state index >= 15 is 0 Å². The molecule has 0 saturated carbocycles. The minimum Gasteiger partial charge on any atom is -0.201 e. The van der Waals surface area contributed by atoms with E-state index in [1.807, 2.05) is 100 Å². The van der Waals surface area contributed by atoms with Crippen LogP contribution in [0.2, 0.25) is 0 Å². The fourth-order valence-electron chi connectivity index (χ4n) is 11.4. The highest BCUT2D eigenvalue weighted by Crippen LogP contribution is 2.30. The molecule has 0 aliphatic heterocycles. The van der Waals surface area contributed by atoms with Crippen molar-refractivity contribution in [1.82, 2.24) is 0 Å². The van der Waals surface area contributed by atoms with Crippen LogP contribution in [-0.4, -0.2) is 0 Å². The van der Waals surface area contributed by atoms with Crippen molar-refractivity contribution in [2.45, 2.75) is 169 Å². The van der Waals surface area contributed by atoms with Crippen LogP contribution in [0.1, 0.15) is 188 Å². The molecular formula is C85H110N5+5. The molecule has 90 heavy (non-hydrogen) atoms. The lowest BCUT2D eigenvalue weighted by molar-refractivity contribution is -0.660.